The van der Waals surface area contributed by atoms with Gasteiger partial charge in [0.2, 0.25) is 0 Å². The highest BCUT2D eigenvalue weighted by Crippen LogP contribution is 2.19. The van der Waals surface area contributed by atoms with Crippen molar-refractivity contribution in [2.24, 2.45) is 5.73 Å². The molecule has 0 fully saturated rings. The zero-order valence-corrected chi connectivity index (χ0v) is 8.84. The fourth-order valence-corrected chi connectivity index (χ4v) is 1.42. The lowest BCUT2D eigenvalue weighted by atomic mass is 10.0. The molecule has 15 heavy (non-hydrogen) atoms. The van der Waals surface area contributed by atoms with Crippen molar-refractivity contribution in [2.45, 2.75) is 20.3 Å². The molecule has 0 saturated carbocycles. The first-order valence-electron chi connectivity index (χ1n) is 4.75. The minimum Gasteiger partial charge on any atom is -0.397 e. The number of nitriles is 1. The Labute approximate surface area is 88.8 Å². The van der Waals surface area contributed by atoms with Gasteiger partial charge in [0, 0.05) is 5.56 Å². The Hall–Kier alpha value is -1.82. The highest BCUT2D eigenvalue weighted by atomic mass is 19.1. The van der Waals surface area contributed by atoms with Crippen LogP contribution in [0.2, 0.25) is 0 Å². The third kappa shape index (κ3) is 2.35. The molecule has 78 valence electrons. The van der Waals surface area contributed by atoms with Gasteiger partial charge in [-0.1, -0.05) is 6.92 Å². The monoisotopic (exact) mass is 204 g/mol. The van der Waals surface area contributed by atoms with Crippen molar-refractivity contribution < 1.29 is 4.39 Å². The van der Waals surface area contributed by atoms with Crippen molar-refractivity contribution in [3.05, 3.63) is 40.7 Å². The zero-order valence-electron chi connectivity index (χ0n) is 8.84. The van der Waals surface area contributed by atoms with E-state index in [4.69, 9.17) is 11.0 Å². The van der Waals surface area contributed by atoms with Crippen LogP contribution in [0, 0.1) is 24.1 Å². The first kappa shape index (κ1) is 11.3. The predicted octanol–water partition coefficient (Wildman–Crippen LogP) is 2.74. The van der Waals surface area contributed by atoms with Gasteiger partial charge in [0.15, 0.2) is 0 Å². The molecule has 0 saturated heterocycles. The Balaban J connectivity index is 3.29. The first-order chi connectivity index (χ1) is 7.10. The summed E-state index contributed by atoms with van der Waals surface area (Å²) in [6.45, 7) is 3.64. The van der Waals surface area contributed by atoms with Gasteiger partial charge in [-0.25, -0.2) is 4.39 Å². The Morgan fingerprint density at radius 1 is 1.53 bits per heavy atom. The van der Waals surface area contributed by atoms with E-state index in [-0.39, 0.29) is 5.82 Å². The van der Waals surface area contributed by atoms with Crippen LogP contribution in [-0.2, 0) is 0 Å². The molecule has 3 heteroatoms. The van der Waals surface area contributed by atoms with Gasteiger partial charge in [0.25, 0.3) is 0 Å². The molecule has 0 radical (unpaired) electrons. The van der Waals surface area contributed by atoms with Crippen LogP contribution in [0.1, 0.15) is 24.5 Å². The van der Waals surface area contributed by atoms with E-state index in [2.05, 4.69) is 6.07 Å². The van der Waals surface area contributed by atoms with Crippen molar-refractivity contribution in [2.75, 3.05) is 0 Å². The van der Waals surface area contributed by atoms with E-state index in [1.165, 1.54) is 12.1 Å². The van der Waals surface area contributed by atoms with Crippen molar-refractivity contribution in [1.82, 2.24) is 0 Å². The quantitative estimate of drug-likeness (QED) is 0.753. The molecule has 0 atom stereocenters. The number of allylic oxidation sites excluding steroid dienone is 1. The van der Waals surface area contributed by atoms with Gasteiger partial charge in [-0.3, -0.25) is 0 Å². The van der Waals surface area contributed by atoms with E-state index in [1.54, 1.807) is 13.0 Å². The number of aryl methyl sites for hydroxylation is 1. The lowest BCUT2D eigenvalue weighted by molar-refractivity contribution is 0.626. The maximum absolute atomic E-state index is 12.9. The van der Waals surface area contributed by atoms with Gasteiger partial charge in [0.05, 0.1) is 17.3 Å². The molecule has 0 aliphatic heterocycles. The minimum absolute atomic E-state index is 0.293. The largest absolute Gasteiger partial charge is 0.397 e. The van der Waals surface area contributed by atoms with Crippen LogP contribution in [0.25, 0.3) is 5.70 Å². The summed E-state index contributed by atoms with van der Waals surface area (Å²) >= 11 is 0. The second-order valence-electron chi connectivity index (χ2n) is 3.32. The normalized spacial score (nSPS) is 11.9. The molecule has 1 rings (SSSR count). The van der Waals surface area contributed by atoms with Crippen LogP contribution < -0.4 is 5.73 Å². The molecule has 1 aromatic carbocycles. The molecular formula is C12H13FN2. The van der Waals surface area contributed by atoms with Gasteiger partial charge in [0.1, 0.15) is 5.82 Å². The maximum atomic E-state index is 12.9. The van der Waals surface area contributed by atoms with Crippen LogP contribution >= 0.6 is 0 Å². The third-order valence-corrected chi connectivity index (χ3v) is 2.29. The van der Waals surface area contributed by atoms with E-state index in [9.17, 15) is 4.39 Å². The number of rotatable bonds is 2. The lowest BCUT2D eigenvalue weighted by Gasteiger charge is -2.07. The highest BCUT2D eigenvalue weighted by Gasteiger charge is 2.07. The molecule has 0 amide bonds. The summed E-state index contributed by atoms with van der Waals surface area (Å²) < 4.78 is 12.9. The molecule has 0 unspecified atom stereocenters. The standard InChI is InChI=1S/C12H13FN2/c1-3-9(7-14)12(15)11-5-4-10(13)6-8(11)2/h4-6H,3,15H2,1-2H3/b12-9-. The Morgan fingerprint density at radius 2 is 2.20 bits per heavy atom. The Bertz CT molecular complexity index is 441. The summed E-state index contributed by atoms with van der Waals surface area (Å²) in [5, 5.41) is 8.84. The van der Waals surface area contributed by atoms with Gasteiger partial charge in [-0.2, -0.15) is 5.26 Å². The zero-order chi connectivity index (χ0) is 11.4. The number of halogens is 1. The summed E-state index contributed by atoms with van der Waals surface area (Å²) in [6, 6.07) is 6.41. The van der Waals surface area contributed by atoms with Crippen LogP contribution in [0.3, 0.4) is 0 Å². The third-order valence-electron chi connectivity index (χ3n) is 2.29. The fourth-order valence-electron chi connectivity index (χ4n) is 1.42. The number of benzene rings is 1. The van der Waals surface area contributed by atoms with Crippen LogP contribution in [-0.4, -0.2) is 0 Å². The number of nitrogens with two attached hydrogens (primary N) is 1. The smallest absolute Gasteiger partial charge is 0.123 e. The van der Waals surface area contributed by atoms with Gasteiger partial charge in [-0.05, 0) is 37.1 Å². The topological polar surface area (TPSA) is 49.8 Å². The number of nitrogens with zero attached hydrogens (tertiary/aromatic N) is 1. The van der Waals surface area contributed by atoms with Crippen LogP contribution in [0.4, 0.5) is 4.39 Å². The predicted molar refractivity (Wildman–Crippen MR) is 58.1 cm³/mol. The highest BCUT2D eigenvalue weighted by molar-refractivity contribution is 5.71. The molecule has 0 aromatic heterocycles. The molecule has 0 heterocycles. The summed E-state index contributed by atoms with van der Waals surface area (Å²) in [5.41, 5.74) is 8.30. The maximum Gasteiger partial charge on any atom is 0.123 e. The van der Waals surface area contributed by atoms with E-state index in [0.717, 1.165) is 11.1 Å². The molecular weight excluding hydrogens is 191 g/mol. The second kappa shape index (κ2) is 4.61. The van der Waals surface area contributed by atoms with Crippen molar-refractivity contribution >= 4 is 5.70 Å². The fraction of sp³-hybridized carbons (Fsp3) is 0.250. The molecule has 1 aromatic rings. The molecule has 2 nitrogen and oxygen atoms in total. The molecule has 0 spiro atoms. The average molecular weight is 204 g/mol. The summed E-state index contributed by atoms with van der Waals surface area (Å²) in [7, 11) is 0. The molecule has 2 N–H and O–H groups in total. The van der Waals surface area contributed by atoms with Gasteiger partial charge in [-0.15, -0.1) is 0 Å². The van der Waals surface area contributed by atoms with E-state index < -0.39 is 0 Å². The van der Waals surface area contributed by atoms with E-state index in [1.807, 2.05) is 6.92 Å². The lowest BCUT2D eigenvalue weighted by Crippen LogP contribution is -2.02. The second-order valence-corrected chi connectivity index (χ2v) is 3.32. The Morgan fingerprint density at radius 3 is 2.67 bits per heavy atom. The summed E-state index contributed by atoms with van der Waals surface area (Å²) in [4.78, 5) is 0. The Kier molecular flexibility index (Phi) is 3.46. The summed E-state index contributed by atoms with van der Waals surface area (Å²) in [5.74, 6) is -0.293. The van der Waals surface area contributed by atoms with Gasteiger partial charge < -0.3 is 5.73 Å². The van der Waals surface area contributed by atoms with E-state index in [0.29, 0.717) is 17.7 Å². The van der Waals surface area contributed by atoms with Crippen LogP contribution in [0.5, 0.6) is 0 Å². The minimum atomic E-state index is -0.293. The molecule has 0 aliphatic carbocycles. The SMILES string of the molecule is CC/C(C#N)=C(/N)c1ccc(F)cc1C. The van der Waals surface area contributed by atoms with Crippen molar-refractivity contribution in [3.8, 4) is 6.07 Å². The van der Waals surface area contributed by atoms with Gasteiger partial charge >= 0.3 is 0 Å². The first-order valence-corrected chi connectivity index (χ1v) is 4.75. The van der Waals surface area contributed by atoms with Crippen LogP contribution in [0.15, 0.2) is 23.8 Å². The molecule has 0 aliphatic rings. The van der Waals surface area contributed by atoms with Crippen molar-refractivity contribution in [1.29, 1.82) is 5.26 Å². The average Bonchev–Trinajstić information content (AvgIpc) is 2.19. The number of hydrogen-bond donors (Lipinski definition) is 1. The van der Waals surface area contributed by atoms with E-state index >= 15 is 0 Å². The molecule has 0 bridgehead atoms. The summed E-state index contributed by atoms with van der Waals surface area (Å²) in [6.07, 6.45) is 0.582. The number of hydrogen-bond acceptors (Lipinski definition) is 2. The van der Waals surface area contributed by atoms with Crippen molar-refractivity contribution in [3.63, 3.8) is 0 Å².